The lowest BCUT2D eigenvalue weighted by Crippen LogP contribution is -2.30. The molecule has 3 heterocycles. The molecule has 4 aromatic rings. The van der Waals surface area contributed by atoms with E-state index >= 15 is 0 Å². The summed E-state index contributed by atoms with van der Waals surface area (Å²) >= 11 is 2.99. The third-order valence-corrected chi connectivity index (χ3v) is 6.48. The number of Topliss-reactive ketones (excluding diaryl/α,β-unsaturated/α-hetero) is 1. The summed E-state index contributed by atoms with van der Waals surface area (Å²) in [6, 6.07) is 17.1. The van der Waals surface area contributed by atoms with Gasteiger partial charge in [0.05, 0.1) is 27.5 Å². The first-order chi connectivity index (χ1) is 13.7. The largest absolute Gasteiger partial charge is 0.453 e. The number of hydrogen-bond donors (Lipinski definition) is 0. The van der Waals surface area contributed by atoms with Crippen molar-refractivity contribution in [3.05, 3.63) is 70.4 Å². The second-order valence-corrected chi connectivity index (χ2v) is 8.40. The Labute approximate surface area is 168 Å². The minimum atomic E-state index is -0.220. The smallest absolute Gasteiger partial charge is 0.238 e. The molecule has 2 aromatic heterocycles. The van der Waals surface area contributed by atoms with E-state index in [2.05, 4.69) is 4.98 Å². The number of aromatic nitrogens is 1. The maximum Gasteiger partial charge on any atom is 0.238 e. The van der Waals surface area contributed by atoms with Gasteiger partial charge in [-0.2, -0.15) is 0 Å². The average molecular weight is 406 g/mol. The van der Waals surface area contributed by atoms with Crippen LogP contribution in [-0.4, -0.2) is 33.9 Å². The van der Waals surface area contributed by atoms with Crippen molar-refractivity contribution in [1.82, 2.24) is 9.88 Å². The fraction of sp³-hybridized carbons (Fsp3) is 0.0952. The standard InChI is InChI=1S/C21H14N2O3S2/c24-15(17-9-13-5-1-3-7-16(13)26-17)11-23-20(25)12-27-21(23)10-19-22-14-6-2-4-8-18(14)28-19/h1-10H,11-12H2. The monoisotopic (exact) mass is 406 g/mol. The molecule has 0 aliphatic carbocycles. The lowest BCUT2D eigenvalue weighted by molar-refractivity contribution is -0.125. The summed E-state index contributed by atoms with van der Waals surface area (Å²) in [7, 11) is 0. The predicted octanol–water partition coefficient (Wildman–Crippen LogP) is 4.80. The number of para-hydroxylation sites is 2. The third-order valence-electron chi connectivity index (χ3n) is 4.47. The van der Waals surface area contributed by atoms with E-state index < -0.39 is 0 Å². The molecule has 1 fully saturated rings. The molecule has 1 amide bonds. The topological polar surface area (TPSA) is 63.4 Å². The molecule has 5 nitrogen and oxygen atoms in total. The average Bonchev–Trinajstić information content (AvgIpc) is 3.40. The summed E-state index contributed by atoms with van der Waals surface area (Å²) in [5, 5.41) is 2.44. The third kappa shape index (κ3) is 3.12. The molecule has 1 saturated heterocycles. The molecule has 1 aliphatic rings. The van der Waals surface area contributed by atoms with E-state index in [0.29, 0.717) is 11.3 Å². The Bertz CT molecular complexity index is 1190. The number of rotatable bonds is 4. The van der Waals surface area contributed by atoms with Crippen molar-refractivity contribution in [3.8, 4) is 0 Å². The first-order valence-electron chi connectivity index (χ1n) is 8.69. The quantitative estimate of drug-likeness (QED) is 0.456. The predicted molar refractivity (Wildman–Crippen MR) is 112 cm³/mol. The van der Waals surface area contributed by atoms with E-state index in [4.69, 9.17) is 4.42 Å². The highest BCUT2D eigenvalue weighted by atomic mass is 32.2. The molecule has 0 unspecified atom stereocenters. The zero-order valence-corrected chi connectivity index (χ0v) is 16.3. The molecule has 138 valence electrons. The Morgan fingerprint density at radius 2 is 2.00 bits per heavy atom. The molecule has 2 aromatic carbocycles. The van der Waals surface area contributed by atoms with E-state index in [0.717, 1.165) is 25.6 Å². The maximum atomic E-state index is 12.7. The number of carbonyl (C=O) groups excluding carboxylic acids is 2. The SMILES string of the molecule is O=C(CN1C(=O)CSC1=Cc1nc2ccccc2s1)c1cc2ccccc2o1. The molecular formula is C21H14N2O3S2. The number of thiazole rings is 1. The summed E-state index contributed by atoms with van der Waals surface area (Å²) in [6.45, 7) is -0.0393. The van der Waals surface area contributed by atoms with E-state index in [9.17, 15) is 9.59 Å². The molecule has 0 atom stereocenters. The van der Waals surface area contributed by atoms with Gasteiger partial charge < -0.3 is 4.42 Å². The number of hydrogen-bond acceptors (Lipinski definition) is 6. The second kappa shape index (κ2) is 6.92. The summed E-state index contributed by atoms with van der Waals surface area (Å²) < 4.78 is 6.74. The van der Waals surface area contributed by atoms with Crippen molar-refractivity contribution in [2.24, 2.45) is 0 Å². The van der Waals surface area contributed by atoms with Crippen molar-refractivity contribution in [1.29, 1.82) is 0 Å². The second-order valence-electron chi connectivity index (χ2n) is 6.34. The van der Waals surface area contributed by atoms with Crippen LogP contribution in [-0.2, 0) is 4.79 Å². The minimum absolute atomic E-state index is 0.0393. The van der Waals surface area contributed by atoms with Gasteiger partial charge in [-0.3, -0.25) is 14.5 Å². The highest BCUT2D eigenvalue weighted by Gasteiger charge is 2.30. The van der Waals surface area contributed by atoms with Crippen molar-refractivity contribution in [3.63, 3.8) is 0 Å². The molecule has 1 aliphatic heterocycles. The highest BCUT2D eigenvalue weighted by molar-refractivity contribution is 8.04. The number of fused-ring (bicyclic) bond motifs is 2. The zero-order chi connectivity index (χ0) is 19.1. The number of nitrogens with zero attached hydrogens (tertiary/aromatic N) is 2. The Balaban J connectivity index is 1.42. The molecule has 28 heavy (non-hydrogen) atoms. The fourth-order valence-corrected chi connectivity index (χ4v) is 5.02. The Kier molecular flexibility index (Phi) is 4.26. The Morgan fingerprint density at radius 1 is 1.18 bits per heavy atom. The Hall–Kier alpha value is -2.90. The van der Waals surface area contributed by atoms with Crippen molar-refractivity contribution in [2.75, 3.05) is 12.3 Å². The van der Waals surface area contributed by atoms with Crippen molar-refractivity contribution >= 4 is 62.1 Å². The summed E-state index contributed by atoms with van der Waals surface area (Å²) in [5.41, 5.74) is 1.59. The molecule has 7 heteroatoms. The van der Waals surface area contributed by atoms with Crippen molar-refractivity contribution in [2.45, 2.75) is 0 Å². The minimum Gasteiger partial charge on any atom is -0.453 e. The molecule has 0 radical (unpaired) electrons. The summed E-state index contributed by atoms with van der Waals surface area (Å²) in [6.07, 6.45) is 1.88. The van der Waals surface area contributed by atoms with Crippen LogP contribution in [0, 0.1) is 0 Å². The molecule has 5 rings (SSSR count). The van der Waals surface area contributed by atoms with Crippen LogP contribution in [0.25, 0.3) is 27.3 Å². The zero-order valence-electron chi connectivity index (χ0n) is 14.6. The van der Waals surface area contributed by atoms with Gasteiger partial charge in [-0.05, 0) is 24.3 Å². The number of thioether (sulfide) groups is 1. The van der Waals surface area contributed by atoms with Crippen LogP contribution in [0.2, 0.25) is 0 Å². The number of amides is 1. The van der Waals surface area contributed by atoms with Gasteiger partial charge in [0.25, 0.3) is 0 Å². The molecule has 0 bridgehead atoms. The summed E-state index contributed by atoms with van der Waals surface area (Å²) in [4.78, 5) is 31.2. The molecular weight excluding hydrogens is 392 g/mol. The van der Waals surface area contributed by atoms with Gasteiger partial charge in [-0.25, -0.2) is 4.98 Å². The van der Waals surface area contributed by atoms with E-state index in [1.807, 2.05) is 54.6 Å². The van der Waals surface area contributed by atoms with Gasteiger partial charge in [-0.1, -0.05) is 42.1 Å². The van der Waals surface area contributed by atoms with Gasteiger partial charge >= 0.3 is 0 Å². The van der Waals surface area contributed by atoms with Crippen LogP contribution in [0.1, 0.15) is 15.6 Å². The number of carbonyl (C=O) groups is 2. The van der Waals surface area contributed by atoms with E-state index in [1.165, 1.54) is 16.7 Å². The van der Waals surface area contributed by atoms with Gasteiger partial charge in [-0.15, -0.1) is 11.3 Å². The number of ketones is 1. The molecule has 0 N–H and O–H groups in total. The number of benzene rings is 2. The molecule has 0 spiro atoms. The van der Waals surface area contributed by atoms with Crippen LogP contribution < -0.4 is 0 Å². The van der Waals surface area contributed by atoms with Gasteiger partial charge in [0.1, 0.15) is 10.6 Å². The normalized spacial score (nSPS) is 15.9. The van der Waals surface area contributed by atoms with Gasteiger partial charge in [0.2, 0.25) is 11.7 Å². The van der Waals surface area contributed by atoms with Crippen LogP contribution in [0.4, 0.5) is 0 Å². The lowest BCUT2D eigenvalue weighted by Gasteiger charge is -2.15. The van der Waals surface area contributed by atoms with Gasteiger partial charge in [0, 0.05) is 11.5 Å². The van der Waals surface area contributed by atoms with E-state index in [1.54, 1.807) is 17.4 Å². The fourth-order valence-electron chi connectivity index (χ4n) is 3.10. The van der Waals surface area contributed by atoms with E-state index in [-0.39, 0.29) is 24.0 Å². The number of furan rings is 1. The lowest BCUT2D eigenvalue weighted by atomic mass is 10.2. The highest BCUT2D eigenvalue weighted by Crippen LogP contribution is 2.33. The van der Waals surface area contributed by atoms with Crippen LogP contribution in [0.5, 0.6) is 0 Å². The van der Waals surface area contributed by atoms with Crippen LogP contribution >= 0.6 is 23.1 Å². The maximum absolute atomic E-state index is 12.7. The van der Waals surface area contributed by atoms with Crippen LogP contribution in [0.3, 0.4) is 0 Å². The summed E-state index contributed by atoms with van der Waals surface area (Å²) in [5.74, 6) is 0.291. The Morgan fingerprint density at radius 3 is 2.86 bits per heavy atom. The van der Waals surface area contributed by atoms with Crippen molar-refractivity contribution < 1.29 is 14.0 Å². The molecule has 0 saturated carbocycles. The first-order valence-corrected chi connectivity index (χ1v) is 10.5. The van der Waals surface area contributed by atoms with Crippen LogP contribution in [0.15, 0.2) is 64.0 Å². The first kappa shape index (κ1) is 17.2. The van der Waals surface area contributed by atoms with Gasteiger partial charge in [0.15, 0.2) is 5.76 Å².